The van der Waals surface area contributed by atoms with Crippen molar-refractivity contribution in [2.24, 2.45) is 0 Å². The lowest BCUT2D eigenvalue weighted by atomic mass is 10.0. The molecule has 0 saturated heterocycles. The maximum Gasteiger partial charge on any atom is 0.339 e. The van der Waals surface area contributed by atoms with Crippen molar-refractivity contribution >= 4 is 22.8 Å². The van der Waals surface area contributed by atoms with E-state index in [9.17, 15) is 19.5 Å². The molecule has 28 heavy (non-hydrogen) atoms. The van der Waals surface area contributed by atoms with Gasteiger partial charge in [-0.25, -0.2) is 9.59 Å². The molecule has 1 amide bonds. The number of nitrogens with one attached hydrogen (secondary N) is 1. The third kappa shape index (κ3) is 4.56. The van der Waals surface area contributed by atoms with Crippen LogP contribution in [0.5, 0.6) is 5.75 Å². The van der Waals surface area contributed by atoms with Gasteiger partial charge in [-0.1, -0.05) is 30.3 Å². The third-order valence-electron chi connectivity index (χ3n) is 4.26. The number of fused-ring (bicyclic) bond motifs is 1. The highest BCUT2D eigenvalue weighted by Gasteiger charge is 2.23. The second-order valence-corrected chi connectivity index (χ2v) is 6.29. The molecule has 2 N–H and O–H groups in total. The maximum absolute atomic E-state index is 12.4. The highest BCUT2D eigenvalue weighted by Crippen LogP contribution is 2.14. The first-order valence-electron chi connectivity index (χ1n) is 8.63. The minimum absolute atomic E-state index is 0.102. The van der Waals surface area contributed by atoms with Crippen molar-refractivity contribution in [2.45, 2.75) is 18.9 Å². The van der Waals surface area contributed by atoms with Gasteiger partial charge < -0.3 is 19.6 Å². The van der Waals surface area contributed by atoms with Gasteiger partial charge >= 0.3 is 11.6 Å². The fourth-order valence-corrected chi connectivity index (χ4v) is 2.85. The molecule has 0 aliphatic carbocycles. The number of hydrogen-bond donors (Lipinski definition) is 2. The van der Waals surface area contributed by atoms with E-state index in [1.54, 1.807) is 42.5 Å². The van der Waals surface area contributed by atoms with Gasteiger partial charge in [0.1, 0.15) is 17.4 Å². The maximum atomic E-state index is 12.4. The number of methoxy groups -OCH3 is 1. The number of benzene rings is 2. The van der Waals surface area contributed by atoms with E-state index in [0.29, 0.717) is 11.0 Å². The molecule has 0 aliphatic heterocycles. The molecule has 3 rings (SSSR count). The predicted molar refractivity (Wildman–Crippen MR) is 102 cm³/mol. The van der Waals surface area contributed by atoms with Crippen LogP contribution in [0.2, 0.25) is 0 Å². The zero-order chi connectivity index (χ0) is 20.1. The Morgan fingerprint density at radius 1 is 1.14 bits per heavy atom. The van der Waals surface area contributed by atoms with E-state index >= 15 is 0 Å². The number of para-hydroxylation sites is 1. The third-order valence-corrected chi connectivity index (χ3v) is 4.26. The highest BCUT2D eigenvalue weighted by atomic mass is 16.5. The molecule has 0 bridgehead atoms. The van der Waals surface area contributed by atoms with Crippen LogP contribution in [0.3, 0.4) is 0 Å². The van der Waals surface area contributed by atoms with Crippen LogP contribution in [0.4, 0.5) is 0 Å². The zero-order valence-corrected chi connectivity index (χ0v) is 15.2. The van der Waals surface area contributed by atoms with E-state index in [1.165, 1.54) is 19.2 Å². The molecule has 7 heteroatoms. The number of rotatable bonds is 6. The van der Waals surface area contributed by atoms with Crippen molar-refractivity contribution in [2.75, 3.05) is 7.11 Å². The van der Waals surface area contributed by atoms with Crippen molar-refractivity contribution in [1.29, 1.82) is 0 Å². The molecule has 2 aromatic carbocycles. The number of phenols is 1. The first-order chi connectivity index (χ1) is 13.5. The lowest BCUT2D eigenvalue weighted by Crippen LogP contribution is -2.44. The van der Waals surface area contributed by atoms with Crippen LogP contribution in [0, 0.1) is 0 Å². The molecule has 0 saturated carbocycles. The van der Waals surface area contributed by atoms with Gasteiger partial charge in [-0.15, -0.1) is 0 Å². The summed E-state index contributed by atoms with van der Waals surface area (Å²) in [5.41, 5.74) is 0.779. The molecule has 0 spiro atoms. The zero-order valence-electron chi connectivity index (χ0n) is 15.2. The van der Waals surface area contributed by atoms with Gasteiger partial charge in [-0.3, -0.25) is 4.79 Å². The van der Waals surface area contributed by atoms with Crippen molar-refractivity contribution in [3.8, 4) is 5.75 Å². The molecule has 0 radical (unpaired) electrons. The molecular formula is C21H19NO6. The fourth-order valence-electron chi connectivity index (χ4n) is 2.85. The summed E-state index contributed by atoms with van der Waals surface area (Å²) >= 11 is 0. The van der Waals surface area contributed by atoms with Crippen LogP contribution in [0.15, 0.2) is 63.8 Å². The molecule has 1 aromatic heterocycles. The molecular weight excluding hydrogens is 362 g/mol. The number of hydrogen-bond acceptors (Lipinski definition) is 6. The first kappa shape index (κ1) is 19.2. The second kappa shape index (κ2) is 8.39. The highest BCUT2D eigenvalue weighted by molar-refractivity contribution is 5.86. The van der Waals surface area contributed by atoms with Gasteiger partial charge in [0.25, 0.3) is 0 Å². The van der Waals surface area contributed by atoms with Crippen LogP contribution in [-0.2, 0) is 27.2 Å². The Hall–Kier alpha value is -3.61. The summed E-state index contributed by atoms with van der Waals surface area (Å²) in [5, 5.41) is 12.7. The minimum atomic E-state index is -0.922. The van der Waals surface area contributed by atoms with Crippen LogP contribution < -0.4 is 10.9 Å². The van der Waals surface area contributed by atoms with Gasteiger partial charge in [-0.2, -0.15) is 0 Å². The second-order valence-electron chi connectivity index (χ2n) is 6.29. The van der Waals surface area contributed by atoms with Crippen LogP contribution in [0.25, 0.3) is 11.0 Å². The van der Waals surface area contributed by atoms with Crippen molar-refractivity contribution in [3.05, 3.63) is 76.1 Å². The van der Waals surface area contributed by atoms with Crippen molar-refractivity contribution in [1.82, 2.24) is 5.32 Å². The number of esters is 1. The number of aromatic hydroxyl groups is 1. The number of carbonyl (C=O) groups excluding carboxylic acids is 2. The fraction of sp³-hybridized carbons (Fsp3) is 0.190. The summed E-state index contributed by atoms with van der Waals surface area (Å²) in [6.45, 7) is 0. The molecule has 7 nitrogen and oxygen atoms in total. The van der Waals surface area contributed by atoms with Gasteiger partial charge in [0.2, 0.25) is 5.91 Å². The SMILES string of the molecule is COC(=O)C(Cc1ccc(O)cc1)NC(=O)Cc1cc2ccccc2oc1=O. The average molecular weight is 381 g/mol. The van der Waals surface area contributed by atoms with E-state index in [-0.39, 0.29) is 24.2 Å². The number of carbonyl (C=O) groups is 2. The monoisotopic (exact) mass is 381 g/mol. The van der Waals surface area contributed by atoms with Crippen LogP contribution in [0.1, 0.15) is 11.1 Å². The molecule has 1 heterocycles. The van der Waals surface area contributed by atoms with Gasteiger partial charge in [0.05, 0.1) is 13.5 Å². The van der Waals surface area contributed by atoms with Crippen LogP contribution in [-0.4, -0.2) is 30.1 Å². The summed E-state index contributed by atoms with van der Waals surface area (Å²) in [7, 11) is 1.23. The Kier molecular flexibility index (Phi) is 5.74. The normalized spacial score (nSPS) is 11.8. The Labute approximate surface area is 160 Å². The predicted octanol–water partition coefficient (Wildman–Crippen LogP) is 1.94. The topological polar surface area (TPSA) is 106 Å². The van der Waals surface area contributed by atoms with Gasteiger partial charge in [0, 0.05) is 17.4 Å². The summed E-state index contributed by atoms with van der Waals surface area (Å²) in [6, 6.07) is 14.0. The molecule has 3 aromatic rings. The molecule has 1 atom stereocenters. The smallest absolute Gasteiger partial charge is 0.339 e. The molecule has 144 valence electrons. The van der Waals surface area contributed by atoms with E-state index < -0.39 is 23.5 Å². The summed E-state index contributed by atoms with van der Waals surface area (Å²) < 4.78 is 9.98. The van der Waals surface area contributed by atoms with Gasteiger partial charge in [-0.05, 0) is 29.8 Å². The molecule has 1 unspecified atom stereocenters. The Balaban J connectivity index is 1.74. The van der Waals surface area contributed by atoms with E-state index in [4.69, 9.17) is 9.15 Å². The lowest BCUT2D eigenvalue weighted by molar-refractivity contribution is -0.145. The Morgan fingerprint density at radius 3 is 2.57 bits per heavy atom. The Morgan fingerprint density at radius 2 is 1.86 bits per heavy atom. The van der Waals surface area contributed by atoms with E-state index in [0.717, 1.165) is 5.56 Å². The molecule has 0 aliphatic rings. The van der Waals surface area contributed by atoms with Gasteiger partial charge in [0.15, 0.2) is 0 Å². The first-order valence-corrected chi connectivity index (χ1v) is 8.63. The largest absolute Gasteiger partial charge is 0.508 e. The Bertz CT molecular complexity index is 1050. The number of ether oxygens (including phenoxy) is 1. The van der Waals surface area contributed by atoms with Crippen molar-refractivity contribution in [3.63, 3.8) is 0 Å². The minimum Gasteiger partial charge on any atom is -0.508 e. The summed E-state index contributed by atoms with van der Waals surface area (Å²) in [4.78, 5) is 36.6. The van der Waals surface area contributed by atoms with E-state index in [2.05, 4.69) is 5.32 Å². The van der Waals surface area contributed by atoms with E-state index in [1.807, 2.05) is 0 Å². The molecule has 0 fully saturated rings. The summed E-state index contributed by atoms with van der Waals surface area (Å²) in [6.07, 6.45) is -0.0404. The van der Waals surface area contributed by atoms with Crippen molar-refractivity contribution < 1.29 is 23.8 Å². The standard InChI is InChI=1S/C21H19NO6/c1-27-21(26)17(10-13-6-8-16(23)9-7-13)22-19(24)12-15-11-14-4-2-3-5-18(14)28-20(15)25/h2-9,11,17,23H,10,12H2,1H3,(H,22,24). The number of amides is 1. The lowest BCUT2D eigenvalue weighted by Gasteiger charge is -2.16. The van der Waals surface area contributed by atoms with Crippen LogP contribution >= 0.6 is 0 Å². The number of phenolic OH excluding ortho intramolecular Hbond substituents is 1. The average Bonchev–Trinajstić information content (AvgIpc) is 2.69. The quantitative estimate of drug-likeness (QED) is 0.499. The summed E-state index contributed by atoms with van der Waals surface area (Å²) in [5.74, 6) is -1.01.